The Morgan fingerprint density at radius 1 is 1.18 bits per heavy atom. The molecule has 1 amide bonds. The van der Waals surface area contributed by atoms with Gasteiger partial charge in [0.05, 0.1) is 24.1 Å². The maximum atomic E-state index is 13.2. The lowest BCUT2D eigenvalue weighted by molar-refractivity contribution is -0.124. The van der Waals surface area contributed by atoms with Gasteiger partial charge in [-0.1, -0.05) is 50.3 Å². The van der Waals surface area contributed by atoms with Gasteiger partial charge in [-0.2, -0.15) is 0 Å². The molecule has 3 aliphatic rings. The van der Waals surface area contributed by atoms with Crippen LogP contribution in [0.5, 0.6) is 5.75 Å². The summed E-state index contributed by atoms with van der Waals surface area (Å²) in [7, 11) is -3.61. The molecule has 1 aromatic heterocycles. The van der Waals surface area contributed by atoms with Gasteiger partial charge >= 0.3 is 0 Å². The van der Waals surface area contributed by atoms with Crippen molar-refractivity contribution in [1.82, 2.24) is 9.29 Å². The molecule has 3 aromatic rings. The van der Waals surface area contributed by atoms with E-state index in [4.69, 9.17) is 9.15 Å². The molecule has 2 aromatic carbocycles. The first-order valence-corrected chi connectivity index (χ1v) is 15.7. The lowest BCUT2D eigenvalue weighted by atomic mass is 9.69. The minimum atomic E-state index is -3.61. The molecule has 3 fully saturated rings. The number of allylic oxidation sites excluding steroid dienone is 1. The summed E-state index contributed by atoms with van der Waals surface area (Å²) in [5.74, 6) is 2.28. The average molecular weight is 561 g/mol. The van der Waals surface area contributed by atoms with Crippen LogP contribution in [0.1, 0.15) is 50.1 Å². The molecule has 0 N–H and O–H groups in total. The molecule has 210 valence electrons. The Balaban J connectivity index is 1.06. The summed E-state index contributed by atoms with van der Waals surface area (Å²) in [5.41, 5.74) is 2.43. The number of sulfonamides is 1. The summed E-state index contributed by atoms with van der Waals surface area (Å²) in [6.45, 7) is 6.74. The topological polar surface area (TPSA) is 89.7 Å². The minimum absolute atomic E-state index is 0.0551. The van der Waals surface area contributed by atoms with Crippen molar-refractivity contribution in [2.24, 2.45) is 16.7 Å². The predicted octanol–water partition coefficient (Wildman–Crippen LogP) is 5.74. The first kappa shape index (κ1) is 26.8. The van der Waals surface area contributed by atoms with Gasteiger partial charge in [0.15, 0.2) is 0 Å². The molecule has 2 aliphatic carbocycles. The second-order valence-electron chi connectivity index (χ2n) is 12.0. The first-order chi connectivity index (χ1) is 19.1. The van der Waals surface area contributed by atoms with Crippen LogP contribution in [0.4, 0.5) is 0 Å². The highest BCUT2D eigenvalue weighted by molar-refractivity contribution is 7.90. The van der Waals surface area contributed by atoms with Crippen molar-refractivity contribution in [2.75, 3.05) is 12.4 Å². The molecule has 2 heterocycles. The number of oxazole rings is 1. The summed E-state index contributed by atoms with van der Waals surface area (Å²) in [6.07, 6.45) is 7.04. The number of ether oxygens (including phenoxy) is 1. The second kappa shape index (κ2) is 9.91. The number of rotatable bonds is 8. The molecule has 0 radical (unpaired) electrons. The monoisotopic (exact) mass is 560 g/mol. The van der Waals surface area contributed by atoms with Crippen molar-refractivity contribution in [1.29, 1.82) is 0 Å². The summed E-state index contributed by atoms with van der Waals surface area (Å²) < 4.78 is 39.3. The molecular formula is C32H36N2O5S. The fraction of sp³-hybridized carbons (Fsp3) is 0.438. The van der Waals surface area contributed by atoms with E-state index in [1.165, 1.54) is 10.4 Å². The van der Waals surface area contributed by atoms with Crippen LogP contribution in [0.2, 0.25) is 0 Å². The average Bonchev–Trinajstić information content (AvgIpc) is 3.55. The highest BCUT2D eigenvalue weighted by Crippen LogP contribution is 2.69. The molecule has 8 heteroatoms. The smallest absolute Gasteiger partial charge is 0.260 e. The highest BCUT2D eigenvalue weighted by Gasteiger charge is 2.72. The molecule has 7 nitrogen and oxygen atoms in total. The lowest BCUT2D eigenvalue weighted by Gasteiger charge is -2.36. The van der Waals surface area contributed by atoms with Crippen LogP contribution < -0.4 is 4.74 Å². The third-order valence-corrected chi connectivity index (χ3v) is 11.6. The fourth-order valence-electron chi connectivity index (χ4n) is 7.34. The van der Waals surface area contributed by atoms with Gasteiger partial charge in [-0.3, -0.25) is 4.79 Å². The number of hydrogen-bond acceptors (Lipinski definition) is 6. The van der Waals surface area contributed by atoms with Gasteiger partial charge < -0.3 is 9.15 Å². The zero-order valence-electron chi connectivity index (χ0n) is 23.3. The van der Waals surface area contributed by atoms with Crippen molar-refractivity contribution in [3.63, 3.8) is 0 Å². The number of benzene rings is 2. The Bertz CT molecular complexity index is 1560. The zero-order valence-corrected chi connectivity index (χ0v) is 24.1. The van der Waals surface area contributed by atoms with Crippen LogP contribution in [-0.4, -0.2) is 42.0 Å². The van der Waals surface area contributed by atoms with Crippen LogP contribution in [0.25, 0.3) is 11.5 Å². The maximum Gasteiger partial charge on any atom is 0.260 e. The number of nitrogens with zero attached hydrogens (tertiary/aromatic N) is 2. The minimum Gasteiger partial charge on any atom is -0.493 e. The van der Waals surface area contributed by atoms with Crippen molar-refractivity contribution < 1.29 is 22.4 Å². The summed E-state index contributed by atoms with van der Waals surface area (Å²) in [6, 6.07) is 17.3. The van der Waals surface area contributed by atoms with Gasteiger partial charge in [-0.05, 0) is 73.8 Å². The summed E-state index contributed by atoms with van der Waals surface area (Å²) in [5, 5.41) is 0. The summed E-state index contributed by atoms with van der Waals surface area (Å²) in [4.78, 5) is 17.8. The highest BCUT2D eigenvalue weighted by atomic mass is 32.2. The van der Waals surface area contributed by atoms with E-state index in [2.05, 4.69) is 18.8 Å². The molecule has 1 spiro atoms. The van der Waals surface area contributed by atoms with Gasteiger partial charge in [0, 0.05) is 23.5 Å². The molecule has 2 saturated carbocycles. The maximum absolute atomic E-state index is 13.2. The number of carbonyl (C=O) groups excluding carboxylic acids is 1. The van der Waals surface area contributed by atoms with E-state index in [0.717, 1.165) is 47.6 Å². The van der Waals surface area contributed by atoms with Crippen molar-refractivity contribution in [3.05, 3.63) is 83.8 Å². The van der Waals surface area contributed by atoms with Crippen LogP contribution >= 0.6 is 0 Å². The quantitative estimate of drug-likeness (QED) is 0.327. The van der Waals surface area contributed by atoms with E-state index in [1.807, 2.05) is 61.5 Å². The SMILES string of the molecule is Cc1oc(-c2ccccc2)nc1CCOc1cccc(C/C=C\C(=O)N2C3CC4CC[C@@]3(CS2(=O)=O)C4(C)C)c1. The van der Waals surface area contributed by atoms with Gasteiger partial charge in [0.2, 0.25) is 15.9 Å². The molecule has 1 saturated heterocycles. The van der Waals surface area contributed by atoms with E-state index in [0.29, 0.717) is 31.3 Å². The zero-order chi connectivity index (χ0) is 28.1. The standard InChI is InChI=1S/C32H36N2O5S/c1-22-27(33-30(39-22)24-11-5-4-6-12-24)16-18-38-26-13-7-9-23(19-26)10-8-14-29(35)34-28-20-25-15-17-32(28,31(25,2)3)21-40(34,36)37/h4-9,11-14,19,25,28H,10,15-18,20-21H2,1-3H3/b14-8-/t25?,28?,32-/m0/s1. The predicted molar refractivity (Wildman–Crippen MR) is 153 cm³/mol. The van der Waals surface area contributed by atoms with Crippen molar-refractivity contribution in [3.8, 4) is 17.2 Å². The van der Waals surface area contributed by atoms with E-state index < -0.39 is 15.9 Å². The number of aromatic nitrogens is 1. The number of aryl methyl sites for hydroxylation is 1. The van der Waals surface area contributed by atoms with Gasteiger partial charge in [0.25, 0.3) is 5.91 Å². The Morgan fingerprint density at radius 2 is 1.98 bits per heavy atom. The molecular weight excluding hydrogens is 524 g/mol. The molecule has 1 aliphatic heterocycles. The Kier molecular flexibility index (Phi) is 6.64. The number of fused-ring (bicyclic) bond motifs is 1. The third-order valence-electron chi connectivity index (χ3n) is 9.66. The number of hydrogen-bond donors (Lipinski definition) is 0. The molecule has 6 rings (SSSR count). The Hall–Kier alpha value is -3.39. The van der Waals surface area contributed by atoms with Crippen molar-refractivity contribution >= 4 is 15.9 Å². The third kappa shape index (κ3) is 4.46. The van der Waals surface area contributed by atoms with Crippen LogP contribution in [0.3, 0.4) is 0 Å². The fourth-order valence-corrected chi connectivity index (χ4v) is 9.85. The normalized spacial score (nSPS) is 25.9. The van der Waals surface area contributed by atoms with Gasteiger partial charge in [0.1, 0.15) is 11.5 Å². The second-order valence-corrected chi connectivity index (χ2v) is 13.8. The first-order valence-electron chi connectivity index (χ1n) is 14.1. The largest absolute Gasteiger partial charge is 0.493 e. The molecule has 40 heavy (non-hydrogen) atoms. The number of carbonyl (C=O) groups is 1. The molecule has 2 unspecified atom stereocenters. The van der Waals surface area contributed by atoms with Crippen molar-refractivity contribution in [2.45, 2.75) is 58.9 Å². The van der Waals surface area contributed by atoms with Gasteiger partial charge in [-0.15, -0.1) is 0 Å². The van der Waals surface area contributed by atoms with E-state index in [-0.39, 0.29) is 22.6 Å². The molecule has 2 bridgehead atoms. The van der Waals surface area contributed by atoms with Crippen LogP contribution in [0.15, 0.2) is 71.2 Å². The van der Waals surface area contributed by atoms with Gasteiger partial charge in [-0.25, -0.2) is 17.7 Å². The van der Waals surface area contributed by atoms with E-state index >= 15 is 0 Å². The van der Waals surface area contributed by atoms with E-state index in [9.17, 15) is 13.2 Å². The Labute approximate surface area is 236 Å². The van der Waals surface area contributed by atoms with Crippen LogP contribution in [-0.2, 0) is 27.7 Å². The lowest BCUT2D eigenvalue weighted by Crippen LogP contribution is -2.43. The molecule has 3 atom stereocenters. The van der Waals surface area contributed by atoms with E-state index in [1.54, 1.807) is 6.08 Å². The van der Waals surface area contributed by atoms with Crippen LogP contribution in [0, 0.1) is 23.7 Å². The summed E-state index contributed by atoms with van der Waals surface area (Å²) >= 11 is 0. The number of amides is 1. The Morgan fingerprint density at radius 3 is 2.75 bits per heavy atom.